The van der Waals surface area contributed by atoms with Gasteiger partial charge in [-0.05, 0) is 94.2 Å². The molecule has 3 aliphatic heterocycles. The molecule has 1 amide bonds. The average Bonchev–Trinajstić information content (AvgIpc) is 3.23. The number of allylic oxidation sites excluding steroid dienone is 5. The highest BCUT2D eigenvalue weighted by Crippen LogP contribution is 2.36. The third-order valence-electron chi connectivity index (χ3n) is 8.38. The fraction of sp³-hybridized carbons (Fsp3) is 0.483. The van der Waals surface area contributed by atoms with Gasteiger partial charge >= 0.3 is 0 Å². The van der Waals surface area contributed by atoms with Crippen molar-refractivity contribution in [1.29, 1.82) is 0 Å². The van der Waals surface area contributed by atoms with Crippen molar-refractivity contribution in [3.8, 4) is 0 Å². The lowest BCUT2D eigenvalue weighted by Crippen LogP contribution is -2.45. The highest BCUT2D eigenvalue weighted by Gasteiger charge is 2.31. The summed E-state index contributed by atoms with van der Waals surface area (Å²) in [5.74, 6) is 0.735. The van der Waals surface area contributed by atoms with E-state index in [9.17, 15) is 4.79 Å². The van der Waals surface area contributed by atoms with Crippen LogP contribution in [0.1, 0.15) is 62.5 Å². The summed E-state index contributed by atoms with van der Waals surface area (Å²) < 4.78 is 1.89. The van der Waals surface area contributed by atoms with E-state index in [0.29, 0.717) is 5.92 Å². The maximum Gasteiger partial charge on any atom is 0.255 e. The van der Waals surface area contributed by atoms with Gasteiger partial charge in [0, 0.05) is 24.0 Å². The Hall–Kier alpha value is -2.99. The number of piperidine rings is 1. The van der Waals surface area contributed by atoms with Crippen molar-refractivity contribution in [2.24, 2.45) is 11.8 Å². The quantitative estimate of drug-likeness (QED) is 0.620. The fourth-order valence-electron chi connectivity index (χ4n) is 6.00. The third kappa shape index (κ3) is 4.18. The molecule has 1 saturated heterocycles. The molecule has 2 fully saturated rings. The van der Waals surface area contributed by atoms with Crippen molar-refractivity contribution in [2.75, 3.05) is 13.1 Å². The SMILES string of the molecule is Cc1cn2nc(C3=CC(=O)N4C=C(C5CCN(C6CCC6)CC5)C=CC4=CCC3C)cc2c(C)n1. The van der Waals surface area contributed by atoms with Crippen LogP contribution in [0.3, 0.4) is 0 Å². The van der Waals surface area contributed by atoms with Crippen LogP contribution in [0.4, 0.5) is 0 Å². The molecule has 182 valence electrons. The summed E-state index contributed by atoms with van der Waals surface area (Å²) in [5, 5.41) is 4.82. The number of rotatable bonds is 3. The molecule has 6 nitrogen and oxygen atoms in total. The van der Waals surface area contributed by atoms with Crippen LogP contribution in [0.2, 0.25) is 0 Å². The minimum Gasteiger partial charge on any atom is -0.300 e. The summed E-state index contributed by atoms with van der Waals surface area (Å²) in [5.41, 5.74) is 7.00. The predicted octanol–water partition coefficient (Wildman–Crippen LogP) is 5.20. The molecule has 5 heterocycles. The topological polar surface area (TPSA) is 53.7 Å². The number of aryl methyl sites for hydroxylation is 2. The lowest BCUT2D eigenvalue weighted by molar-refractivity contribution is -0.122. The van der Waals surface area contributed by atoms with E-state index in [1.54, 1.807) is 0 Å². The Balaban J connectivity index is 1.26. The third-order valence-corrected chi connectivity index (χ3v) is 8.38. The van der Waals surface area contributed by atoms with Gasteiger partial charge in [0.15, 0.2) is 0 Å². The van der Waals surface area contributed by atoms with Crippen molar-refractivity contribution in [3.05, 3.63) is 71.1 Å². The molecule has 0 N–H and O–H groups in total. The van der Waals surface area contributed by atoms with E-state index in [4.69, 9.17) is 5.10 Å². The van der Waals surface area contributed by atoms with E-state index in [1.807, 2.05) is 35.5 Å². The molecule has 0 aromatic carbocycles. The Kier molecular flexibility index (Phi) is 5.72. The molecule has 0 spiro atoms. The van der Waals surface area contributed by atoms with Crippen molar-refractivity contribution >= 4 is 17.0 Å². The lowest BCUT2D eigenvalue weighted by atomic mass is 9.84. The molecule has 6 heteroatoms. The van der Waals surface area contributed by atoms with Gasteiger partial charge in [-0.25, -0.2) is 4.52 Å². The van der Waals surface area contributed by atoms with Crippen LogP contribution in [-0.2, 0) is 4.79 Å². The van der Waals surface area contributed by atoms with E-state index in [2.05, 4.69) is 47.3 Å². The molecule has 0 bridgehead atoms. The first-order chi connectivity index (χ1) is 17.0. The molecule has 2 aromatic heterocycles. The van der Waals surface area contributed by atoms with Crippen LogP contribution in [0.15, 0.2) is 54.0 Å². The molecule has 35 heavy (non-hydrogen) atoms. The van der Waals surface area contributed by atoms with Crippen LogP contribution < -0.4 is 0 Å². The summed E-state index contributed by atoms with van der Waals surface area (Å²) in [4.78, 5) is 22.7. The zero-order valence-corrected chi connectivity index (χ0v) is 21.1. The monoisotopic (exact) mass is 469 g/mol. The second kappa shape index (κ2) is 8.90. The van der Waals surface area contributed by atoms with E-state index >= 15 is 0 Å². The van der Waals surface area contributed by atoms with Gasteiger partial charge in [-0.1, -0.05) is 25.5 Å². The number of amides is 1. The minimum absolute atomic E-state index is 0.00892. The van der Waals surface area contributed by atoms with Crippen LogP contribution in [0.5, 0.6) is 0 Å². The largest absolute Gasteiger partial charge is 0.300 e. The van der Waals surface area contributed by atoms with Gasteiger partial charge in [0.05, 0.1) is 28.8 Å². The zero-order chi connectivity index (χ0) is 24.1. The fourth-order valence-corrected chi connectivity index (χ4v) is 6.00. The first-order valence-electron chi connectivity index (χ1n) is 13.2. The predicted molar refractivity (Wildman–Crippen MR) is 138 cm³/mol. The molecule has 1 aliphatic carbocycles. The van der Waals surface area contributed by atoms with Crippen molar-refractivity contribution in [2.45, 2.75) is 65.3 Å². The maximum atomic E-state index is 13.6. The van der Waals surface area contributed by atoms with Crippen LogP contribution >= 0.6 is 0 Å². The molecule has 0 radical (unpaired) electrons. The van der Waals surface area contributed by atoms with Crippen LogP contribution in [0, 0.1) is 25.7 Å². The summed E-state index contributed by atoms with van der Waals surface area (Å²) in [6.07, 6.45) is 19.8. The Morgan fingerprint density at radius 3 is 2.60 bits per heavy atom. The van der Waals surface area contributed by atoms with Crippen molar-refractivity contribution < 1.29 is 4.79 Å². The number of likely N-dealkylation sites (tertiary alicyclic amines) is 1. The van der Waals surface area contributed by atoms with Gasteiger partial charge in [-0.15, -0.1) is 0 Å². The Bertz CT molecular complexity index is 1280. The maximum absolute atomic E-state index is 13.6. The summed E-state index contributed by atoms with van der Waals surface area (Å²) in [6, 6.07) is 2.89. The molecular formula is C29H35N5O. The standard InChI is InChI=1S/C29H35N5O/c1-19-7-9-25-10-8-23(22-11-13-32(14-12-22)24-5-4-6-24)18-33(25)29(35)15-26(19)27-16-28-21(3)30-20(2)17-34(28)31-27/h8-10,15-19,22,24H,4-7,11-14H2,1-3H3. The molecule has 4 aliphatic rings. The number of aromatic nitrogens is 3. The molecule has 6 rings (SSSR count). The Morgan fingerprint density at radius 1 is 1.06 bits per heavy atom. The lowest BCUT2D eigenvalue weighted by Gasteiger charge is -2.42. The Labute approximate surface area is 207 Å². The second-order valence-electron chi connectivity index (χ2n) is 10.8. The van der Waals surface area contributed by atoms with Gasteiger partial charge in [-0.2, -0.15) is 5.10 Å². The molecule has 1 unspecified atom stereocenters. The normalized spacial score (nSPS) is 24.4. The number of carbonyl (C=O) groups is 1. The Morgan fingerprint density at radius 2 is 1.86 bits per heavy atom. The van der Waals surface area contributed by atoms with E-state index < -0.39 is 0 Å². The van der Waals surface area contributed by atoms with E-state index in [1.165, 1.54) is 50.8 Å². The van der Waals surface area contributed by atoms with Crippen molar-refractivity contribution in [1.82, 2.24) is 24.4 Å². The summed E-state index contributed by atoms with van der Waals surface area (Å²) in [6.45, 7) is 8.52. The van der Waals surface area contributed by atoms with Gasteiger partial charge in [-0.3, -0.25) is 14.7 Å². The number of hydrogen-bond donors (Lipinski definition) is 0. The summed E-state index contributed by atoms with van der Waals surface area (Å²) in [7, 11) is 0. The van der Waals surface area contributed by atoms with Crippen LogP contribution in [-0.4, -0.2) is 49.4 Å². The second-order valence-corrected chi connectivity index (χ2v) is 10.8. The van der Waals surface area contributed by atoms with Gasteiger partial charge in [0.1, 0.15) is 0 Å². The number of hydrogen-bond acceptors (Lipinski definition) is 4. The molecule has 2 aromatic rings. The number of carbonyl (C=O) groups excluding carboxylic acids is 1. The highest BCUT2D eigenvalue weighted by molar-refractivity contribution is 5.98. The van der Waals surface area contributed by atoms with Crippen LogP contribution in [0.25, 0.3) is 11.1 Å². The minimum atomic E-state index is 0.00892. The molecular weight excluding hydrogens is 434 g/mol. The van der Waals surface area contributed by atoms with Crippen molar-refractivity contribution in [3.63, 3.8) is 0 Å². The zero-order valence-electron chi connectivity index (χ0n) is 21.1. The number of nitrogens with zero attached hydrogens (tertiary/aromatic N) is 5. The highest BCUT2D eigenvalue weighted by atomic mass is 16.2. The smallest absolute Gasteiger partial charge is 0.255 e. The summed E-state index contributed by atoms with van der Waals surface area (Å²) >= 11 is 0. The average molecular weight is 470 g/mol. The van der Waals surface area contributed by atoms with E-state index in [-0.39, 0.29) is 11.8 Å². The molecule has 1 atom stereocenters. The van der Waals surface area contributed by atoms with Gasteiger partial charge in [0.2, 0.25) is 0 Å². The number of fused-ring (bicyclic) bond motifs is 2. The first kappa shape index (κ1) is 22.5. The van der Waals surface area contributed by atoms with Gasteiger partial charge < -0.3 is 4.90 Å². The molecule has 1 saturated carbocycles. The van der Waals surface area contributed by atoms with Gasteiger partial charge in [0.25, 0.3) is 5.91 Å². The first-order valence-corrected chi connectivity index (χ1v) is 13.2. The van der Waals surface area contributed by atoms with E-state index in [0.717, 1.165) is 46.3 Å².